The van der Waals surface area contributed by atoms with Gasteiger partial charge in [-0.1, -0.05) is 18.2 Å². The number of hydrazone groups is 1. The first kappa shape index (κ1) is 20.7. The van der Waals surface area contributed by atoms with Gasteiger partial charge in [-0.15, -0.1) is 11.3 Å². The third kappa shape index (κ3) is 3.65. The molecule has 0 radical (unpaired) electrons. The van der Waals surface area contributed by atoms with Gasteiger partial charge in [0.15, 0.2) is 5.84 Å². The highest BCUT2D eigenvalue weighted by Gasteiger charge is 2.35. The lowest BCUT2D eigenvalue weighted by atomic mass is 10.1. The van der Waals surface area contributed by atoms with Crippen molar-refractivity contribution in [1.29, 1.82) is 5.41 Å². The van der Waals surface area contributed by atoms with Crippen LogP contribution in [0.4, 0.5) is 0 Å². The number of thiophene rings is 1. The highest BCUT2D eigenvalue weighted by atomic mass is 32.2. The van der Waals surface area contributed by atoms with Crippen molar-refractivity contribution in [3.63, 3.8) is 0 Å². The van der Waals surface area contributed by atoms with Crippen molar-refractivity contribution >= 4 is 51.1 Å². The van der Waals surface area contributed by atoms with Crippen LogP contribution in [0, 0.1) is 26.2 Å². The zero-order chi connectivity index (χ0) is 22.4. The topological polar surface area (TPSA) is 73.8 Å². The average molecular weight is 460 g/mol. The first-order valence-corrected chi connectivity index (χ1v) is 11.9. The van der Waals surface area contributed by atoms with E-state index < -0.39 is 5.91 Å². The van der Waals surface area contributed by atoms with Gasteiger partial charge in [0, 0.05) is 28.4 Å². The summed E-state index contributed by atoms with van der Waals surface area (Å²) in [6.45, 7) is 6.13. The summed E-state index contributed by atoms with van der Waals surface area (Å²) < 4.78 is 2.16. The number of thioether (sulfide) groups is 1. The first-order chi connectivity index (χ1) is 15.4. The molecule has 1 aromatic carbocycles. The summed E-state index contributed by atoms with van der Waals surface area (Å²) in [6, 6.07) is 14.4. The third-order valence-corrected chi connectivity index (χ3v) is 7.22. The van der Waals surface area contributed by atoms with Crippen LogP contribution in [0.3, 0.4) is 0 Å². The zero-order valence-electron chi connectivity index (χ0n) is 17.9. The summed E-state index contributed by atoms with van der Waals surface area (Å²) in [7, 11) is 0. The van der Waals surface area contributed by atoms with Crippen LogP contribution in [-0.2, 0) is 11.2 Å². The van der Waals surface area contributed by atoms with Crippen LogP contribution in [0.1, 0.15) is 27.4 Å². The van der Waals surface area contributed by atoms with E-state index in [1.165, 1.54) is 27.2 Å². The van der Waals surface area contributed by atoms with Gasteiger partial charge in [0.2, 0.25) is 5.17 Å². The molecule has 4 heterocycles. The number of amides is 1. The van der Waals surface area contributed by atoms with E-state index in [4.69, 9.17) is 5.41 Å². The van der Waals surface area contributed by atoms with Gasteiger partial charge in [0.1, 0.15) is 5.04 Å². The van der Waals surface area contributed by atoms with Gasteiger partial charge in [-0.2, -0.15) is 15.1 Å². The lowest BCUT2D eigenvalue weighted by Crippen LogP contribution is -2.35. The maximum Gasteiger partial charge on any atom is 0.283 e. The molecule has 32 heavy (non-hydrogen) atoms. The number of nitrogens with zero attached hydrogens (tertiary/aromatic N) is 4. The number of nitrogens with one attached hydrogen (secondary N) is 1. The molecule has 0 saturated carbocycles. The van der Waals surface area contributed by atoms with Crippen LogP contribution in [0.25, 0.3) is 11.8 Å². The molecule has 5 rings (SSSR count). The Morgan fingerprint density at radius 1 is 1.12 bits per heavy atom. The number of amidine groups is 2. The Balaban J connectivity index is 1.48. The Bertz CT molecular complexity index is 1340. The van der Waals surface area contributed by atoms with Crippen LogP contribution in [0.5, 0.6) is 0 Å². The van der Waals surface area contributed by atoms with Crippen molar-refractivity contribution in [1.82, 2.24) is 9.58 Å². The molecule has 2 aliphatic heterocycles. The summed E-state index contributed by atoms with van der Waals surface area (Å²) >= 11 is 3.02. The number of carbonyl (C=O) groups excluding carboxylic acids is 1. The largest absolute Gasteiger partial charge is 0.318 e. The SMILES string of the molecule is Cc1cccc(-n2c(C)cc(/C=C3\C(=N)N4N=C(Cc5cccs5)SC4=NC3=O)c2C)c1. The number of hydrogen-bond acceptors (Lipinski definition) is 5. The Labute approximate surface area is 194 Å². The minimum atomic E-state index is -0.401. The van der Waals surface area contributed by atoms with Crippen molar-refractivity contribution in [2.24, 2.45) is 10.1 Å². The second kappa shape index (κ2) is 8.03. The van der Waals surface area contributed by atoms with E-state index in [0.29, 0.717) is 11.6 Å². The van der Waals surface area contributed by atoms with Gasteiger partial charge in [-0.25, -0.2) is 0 Å². The number of carbonyl (C=O) groups is 1. The molecule has 0 saturated heterocycles. The summed E-state index contributed by atoms with van der Waals surface area (Å²) in [6.07, 6.45) is 2.44. The van der Waals surface area contributed by atoms with E-state index in [1.807, 2.05) is 37.4 Å². The maximum absolute atomic E-state index is 12.8. The van der Waals surface area contributed by atoms with Crippen molar-refractivity contribution < 1.29 is 4.79 Å². The van der Waals surface area contributed by atoms with Crippen molar-refractivity contribution in [3.8, 4) is 5.69 Å². The minimum absolute atomic E-state index is 0.0639. The van der Waals surface area contributed by atoms with Gasteiger partial charge >= 0.3 is 0 Å². The predicted octanol–water partition coefficient (Wildman–Crippen LogP) is 5.33. The summed E-state index contributed by atoms with van der Waals surface area (Å²) in [4.78, 5) is 18.2. The van der Waals surface area contributed by atoms with E-state index in [9.17, 15) is 4.79 Å². The van der Waals surface area contributed by atoms with Crippen LogP contribution in [0.2, 0.25) is 0 Å². The second-order valence-corrected chi connectivity index (χ2v) is 9.84. The number of rotatable bonds is 4. The highest BCUT2D eigenvalue weighted by molar-refractivity contribution is 8.27. The van der Waals surface area contributed by atoms with Gasteiger partial charge < -0.3 is 4.57 Å². The van der Waals surface area contributed by atoms with Crippen LogP contribution < -0.4 is 0 Å². The van der Waals surface area contributed by atoms with Crippen molar-refractivity contribution in [2.45, 2.75) is 27.2 Å². The smallest absolute Gasteiger partial charge is 0.283 e. The summed E-state index contributed by atoms with van der Waals surface area (Å²) in [5.41, 5.74) is 5.48. The third-order valence-electron chi connectivity index (χ3n) is 5.43. The lowest BCUT2D eigenvalue weighted by molar-refractivity contribution is -0.114. The molecule has 2 aromatic heterocycles. The minimum Gasteiger partial charge on any atom is -0.318 e. The lowest BCUT2D eigenvalue weighted by Gasteiger charge is -2.20. The van der Waals surface area contributed by atoms with E-state index in [0.717, 1.165) is 27.7 Å². The number of benzene rings is 1. The molecule has 0 bridgehead atoms. The molecule has 0 fully saturated rings. The van der Waals surface area contributed by atoms with E-state index in [-0.39, 0.29) is 11.4 Å². The fourth-order valence-corrected chi connectivity index (χ4v) is 5.63. The Morgan fingerprint density at radius 2 is 1.97 bits per heavy atom. The molecule has 3 aromatic rings. The Kier molecular flexibility index (Phi) is 5.19. The van der Waals surface area contributed by atoms with Crippen LogP contribution in [0.15, 0.2) is 63.5 Å². The van der Waals surface area contributed by atoms with Gasteiger partial charge in [-0.05, 0) is 79.4 Å². The molecule has 1 amide bonds. The molecule has 160 valence electrons. The van der Waals surface area contributed by atoms with Crippen LogP contribution >= 0.6 is 23.1 Å². The molecule has 0 unspecified atom stereocenters. The predicted molar refractivity (Wildman–Crippen MR) is 133 cm³/mol. The van der Waals surface area contributed by atoms with Crippen molar-refractivity contribution in [2.75, 3.05) is 0 Å². The monoisotopic (exact) mass is 459 g/mol. The molecule has 8 heteroatoms. The zero-order valence-corrected chi connectivity index (χ0v) is 19.5. The number of aromatic nitrogens is 1. The van der Waals surface area contributed by atoms with Gasteiger partial charge in [0.05, 0.1) is 5.57 Å². The first-order valence-electron chi connectivity index (χ1n) is 10.2. The van der Waals surface area contributed by atoms with Gasteiger partial charge in [0.25, 0.3) is 5.91 Å². The number of aryl methyl sites for hydroxylation is 2. The van der Waals surface area contributed by atoms with Gasteiger partial charge in [-0.3, -0.25) is 10.2 Å². The molecule has 1 N–H and O–H groups in total. The van der Waals surface area contributed by atoms with E-state index >= 15 is 0 Å². The summed E-state index contributed by atoms with van der Waals surface area (Å²) in [5, 5.41) is 18.0. The maximum atomic E-state index is 12.8. The number of fused-ring (bicyclic) bond motifs is 1. The number of aliphatic imine (C=N–C) groups is 1. The van der Waals surface area contributed by atoms with E-state index in [1.54, 1.807) is 17.4 Å². The molecule has 0 atom stereocenters. The standard InChI is InChI=1S/C24H21N5OS2/c1-14-6-4-7-18(10-14)28-15(2)11-17(16(28)3)12-20-22(25)29-24(26-23(20)30)32-21(27-29)13-19-8-5-9-31-19/h4-12,25H,13H2,1-3H3/b20-12+,25-22?. The fourth-order valence-electron chi connectivity index (χ4n) is 3.92. The fraction of sp³-hybridized carbons (Fsp3) is 0.167. The molecule has 0 spiro atoms. The van der Waals surface area contributed by atoms with Crippen LogP contribution in [-0.4, -0.2) is 31.5 Å². The summed E-state index contributed by atoms with van der Waals surface area (Å²) in [5.74, 6) is -0.337. The Morgan fingerprint density at radius 3 is 2.72 bits per heavy atom. The quantitative estimate of drug-likeness (QED) is 0.536. The van der Waals surface area contributed by atoms with Crippen molar-refractivity contribution in [3.05, 3.63) is 80.8 Å². The second-order valence-electron chi connectivity index (χ2n) is 7.77. The number of hydrogen-bond donors (Lipinski definition) is 1. The molecule has 2 aliphatic rings. The molecular weight excluding hydrogens is 438 g/mol. The molecule has 6 nitrogen and oxygen atoms in total. The molecular formula is C24H21N5OS2. The average Bonchev–Trinajstić information content (AvgIpc) is 3.46. The Hall–Kier alpha value is -3.23. The normalized spacial score (nSPS) is 17.1. The highest BCUT2D eigenvalue weighted by Crippen LogP contribution is 2.31. The van der Waals surface area contributed by atoms with E-state index in [2.05, 4.69) is 45.9 Å². The molecule has 0 aliphatic carbocycles.